The molecule has 0 spiro atoms. The third kappa shape index (κ3) is 5.67. The number of methoxy groups -OCH3 is 1. The molecular weight excluding hydrogens is 372 g/mol. The summed E-state index contributed by atoms with van der Waals surface area (Å²) < 4.78 is 39.4. The number of carbonyl (C=O) groups excluding carboxylic acids is 1. The Bertz CT molecular complexity index is 910. The number of hydrogen-bond acceptors (Lipinski definition) is 6. The summed E-state index contributed by atoms with van der Waals surface area (Å²) in [5.41, 5.74) is 3.58. The Morgan fingerprint density at radius 1 is 1.21 bits per heavy atom. The smallest absolute Gasteiger partial charge is 0.387 e. The first kappa shape index (κ1) is 20.6. The Labute approximate surface area is 160 Å². The van der Waals surface area contributed by atoms with Crippen LogP contribution in [0.15, 0.2) is 47.6 Å². The molecule has 28 heavy (non-hydrogen) atoms. The lowest BCUT2D eigenvalue weighted by molar-refractivity contribution is -0.123. The molecule has 0 bridgehead atoms. The molecule has 0 saturated heterocycles. The number of nitrogens with one attached hydrogen (secondary N) is 1. The number of hydrazone groups is 1. The molecule has 0 radical (unpaired) electrons. The molecule has 9 heteroatoms. The lowest BCUT2D eigenvalue weighted by Gasteiger charge is -2.11. The first-order valence-electron chi connectivity index (χ1n) is 8.03. The summed E-state index contributed by atoms with van der Waals surface area (Å²) in [4.78, 5) is 11.9. The molecule has 0 aliphatic heterocycles. The molecule has 0 unspecified atom stereocenters. The monoisotopic (exact) mass is 389 g/mol. The fraction of sp³-hybridized carbons (Fsp3) is 0.211. The van der Waals surface area contributed by atoms with Gasteiger partial charge in [-0.05, 0) is 37.3 Å². The minimum atomic E-state index is -2.97. The van der Waals surface area contributed by atoms with Crippen LogP contribution in [0.1, 0.15) is 18.1 Å². The van der Waals surface area contributed by atoms with Gasteiger partial charge >= 0.3 is 6.61 Å². The van der Waals surface area contributed by atoms with E-state index in [9.17, 15) is 13.6 Å². The second kappa shape index (κ2) is 9.87. The Morgan fingerprint density at radius 3 is 2.64 bits per heavy atom. The zero-order valence-corrected chi connectivity index (χ0v) is 15.1. The number of benzene rings is 2. The summed E-state index contributed by atoms with van der Waals surface area (Å²) in [6.45, 7) is -1.69. The molecule has 7 nitrogen and oxygen atoms in total. The van der Waals surface area contributed by atoms with Gasteiger partial charge in [0.25, 0.3) is 5.91 Å². The Balaban J connectivity index is 1.99. The van der Waals surface area contributed by atoms with E-state index in [0.29, 0.717) is 22.6 Å². The molecule has 0 fully saturated rings. The van der Waals surface area contributed by atoms with Crippen LogP contribution >= 0.6 is 0 Å². The van der Waals surface area contributed by atoms with Gasteiger partial charge in [0.15, 0.2) is 18.1 Å². The van der Waals surface area contributed by atoms with E-state index < -0.39 is 12.5 Å². The van der Waals surface area contributed by atoms with Gasteiger partial charge in [-0.15, -0.1) is 0 Å². The van der Waals surface area contributed by atoms with Gasteiger partial charge in [-0.25, -0.2) is 5.43 Å². The van der Waals surface area contributed by atoms with E-state index >= 15 is 0 Å². The highest BCUT2D eigenvalue weighted by atomic mass is 19.3. The lowest BCUT2D eigenvalue weighted by atomic mass is 10.1. The average Bonchev–Trinajstić information content (AvgIpc) is 2.70. The van der Waals surface area contributed by atoms with E-state index in [0.717, 1.165) is 0 Å². The van der Waals surface area contributed by atoms with E-state index in [1.807, 2.05) is 6.07 Å². The van der Waals surface area contributed by atoms with Crippen LogP contribution in [-0.2, 0) is 4.79 Å². The van der Waals surface area contributed by atoms with Crippen LogP contribution in [0.5, 0.6) is 17.2 Å². The van der Waals surface area contributed by atoms with Crippen LogP contribution in [0, 0.1) is 11.3 Å². The fourth-order valence-electron chi connectivity index (χ4n) is 2.16. The number of nitriles is 1. The normalized spacial score (nSPS) is 10.9. The van der Waals surface area contributed by atoms with Crippen molar-refractivity contribution in [1.29, 1.82) is 5.26 Å². The molecule has 0 aliphatic rings. The van der Waals surface area contributed by atoms with E-state index in [1.165, 1.54) is 25.3 Å². The summed E-state index contributed by atoms with van der Waals surface area (Å²) in [5, 5.41) is 12.9. The number of rotatable bonds is 8. The lowest BCUT2D eigenvalue weighted by Crippen LogP contribution is -2.25. The molecule has 1 amide bonds. The van der Waals surface area contributed by atoms with Gasteiger partial charge in [-0.1, -0.05) is 12.1 Å². The second-order valence-electron chi connectivity index (χ2n) is 5.37. The molecule has 2 aromatic rings. The van der Waals surface area contributed by atoms with Crippen molar-refractivity contribution in [2.24, 2.45) is 5.10 Å². The van der Waals surface area contributed by atoms with E-state index in [-0.39, 0.29) is 18.1 Å². The van der Waals surface area contributed by atoms with E-state index in [1.54, 1.807) is 31.2 Å². The van der Waals surface area contributed by atoms with Crippen molar-refractivity contribution in [3.8, 4) is 23.3 Å². The maximum Gasteiger partial charge on any atom is 0.387 e. The highest BCUT2D eigenvalue weighted by Crippen LogP contribution is 2.29. The molecule has 1 N–H and O–H groups in total. The van der Waals surface area contributed by atoms with Crippen LogP contribution in [0.3, 0.4) is 0 Å². The number of carbonyl (C=O) groups is 1. The number of nitrogens with zero attached hydrogens (tertiary/aromatic N) is 2. The van der Waals surface area contributed by atoms with Gasteiger partial charge < -0.3 is 14.2 Å². The Hall–Kier alpha value is -3.67. The third-order valence-corrected chi connectivity index (χ3v) is 3.51. The van der Waals surface area contributed by atoms with Crippen LogP contribution < -0.4 is 19.6 Å². The van der Waals surface area contributed by atoms with Crippen LogP contribution in [0.2, 0.25) is 0 Å². The summed E-state index contributed by atoms with van der Waals surface area (Å²) in [7, 11) is 1.32. The molecular formula is C19H17F2N3O4. The minimum Gasteiger partial charge on any atom is -0.493 e. The molecule has 0 atom stereocenters. The van der Waals surface area contributed by atoms with Crippen LogP contribution in [0.4, 0.5) is 8.78 Å². The van der Waals surface area contributed by atoms with Gasteiger partial charge in [0, 0.05) is 5.56 Å². The number of hydrogen-bond donors (Lipinski definition) is 1. The van der Waals surface area contributed by atoms with Crippen molar-refractivity contribution in [2.45, 2.75) is 13.5 Å². The summed E-state index contributed by atoms with van der Waals surface area (Å²) >= 11 is 0. The fourth-order valence-corrected chi connectivity index (χ4v) is 2.16. The highest BCUT2D eigenvalue weighted by Gasteiger charge is 2.12. The van der Waals surface area contributed by atoms with Crippen molar-refractivity contribution < 1.29 is 27.8 Å². The van der Waals surface area contributed by atoms with Crippen LogP contribution in [0.25, 0.3) is 0 Å². The zero-order valence-electron chi connectivity index (χ0n) is 15.1. The van der Waals surface area contributed by atoms with Crippen molar-refractivity contribution in [3.05, 3.63) is 53.6 Å². The number of amides is 1. The number of alkyl halides is 2. The van der Waals surface area contributed by atoms with Crippen molar-refractivity contribution in [3.63, 3.8) is 0 Å². The predicted molar refractivity (Wildman–Crippen MR) is 96.6 cm³/mol. The molecule has 0 saturated carbocycles. The van der Waals surface area contributed by atoms with Crippen LogP contribution in [-0.4, -0.2) is 31.9 Å². The SMILES string of the molecule is COc1cc(/C(C)=N\NC(=O)COc2ccccc2C#N)ccc1OC(F)F. The van der Waals surface area contributed by atoms with Crippen molar-refractivity contribution in [2.75, 3.05) is 13.7 Å². The molecule has 2 rings (SSSR count). The van der Waals surface area contributed by atoms with Gasteiger partial charge in [0.1, 0.15) is 11.8 Å². The van der Waals surface area contributed by atoms with Gasteiger partial charge in [-0.2, -0.15) is 19.1 Å². The van der Waals surface area contributed by atoms with Gasteiger partial charge in [0.05, 0.1) is 18.4 Å². The molecule has 0 aliphatic carbocycles. The Morgan fingerprint density at radius 2 is 1.96 bits per heavy atom. The number of para-hydroxylation sites is 1. The molecule has 0 aromatic heterocycles. The predicted octanol–water partition coefficient (Wildman–Crippen LogP) is 3.09. The number of ether oxygens (including phenoxy) is 3. The minimum absolute atomic E-state index is 0.107. The summed E-state index contributed by atoms with van der Waals surface area (Å²) in [6, 6.07) is 12.8. The quantitative estimate of drug-likeness (QED) is 0.553. The highest BCUT2D eigenvalue weighted by molar-refractivity contribution is 5.99. The van der Waals surface area contributed by atoms with Crippen molar-refractivity contribution in [1.82, 2.24) is 5.43 Å². The van der Waals surface area contributed by atoms with Gasteiger partial charge in [0.2, 0.25) is 0 Å². The summed E-state index contributed by atoms with van der Waals surface area (Å²) in [6.07, 6.45) is 0. The Kier molecular flexibility index (Phi) is 7.28. The topological polar surface area (TPSA) is 92.9 Å². The first-order valence-corrected chi connectivity index (χ1v) is 8.03. The standard InChI is InChI=1S/C19H17F2N3O4/c1-12(13-7-8-16(28-19(20)21)17(9-13)26-2)23-24-18(25)11-27-15-6-4-3-5-14(15)10-22/h3-9,19H,11H2,1-2H3,(H,24,25)/b23-12-. The van der Waals surface area contributed by atoms with Crippen molar-refractivity contribution >= 4 is 11.6 Å². The molecule has 2 aromatic carbocycles. The molecule has 0 heterocycles. The second-order valence-corrected chi connectivity index (χ2v) is 5.37. The maximum absolute atomic E-state index is 12.4. The maximum atomic E-state index is 12.4. The first-order chi connectivity index (χ1) is 13.4. The average molecular weight is 389 g/mol. The van der Waals surface area contributed by atoms with E-state index in [4.69, 9.17) is 14.7 Å². The zero-order chi connectivity index (χ0) is 20.5. The third-order valence-electron chi connectivity index (χ3n) is 3.51. The van der Waals surface area contributed by atoms with E-state index in [2.05, 4.69) is 15.3 Å². The molecule has 146 valence electrons. The largest absolute Gasteiger partial charge is 0.493 e. The van der Waals surface area contributed by atoms with Gasteiger partial charge in [-0.3, -0.25) is 4.79 Å². The number of halogens is 2. The summed E-state index contributed by atoms with van der Waals surface area (Å²) in [5.74, 6) is -0.241.